The zero-order valence-electron chi connectivity index (χ0n) is 15.9. The van der Waals surface area contributed by atoms with Gasteiger partial charge in [0, 0.05) is 12.1 Å². The zero-order chi connectivity index (χ0) is 19.9. The van der Waals surface area contributed by atoms with Gasteiger partial charge in [0.25, 0.3) is 0 Å². The first-order valence-electron chi connectivity index (χ1n) is 8.72. The monoisotopic (exact) mass is 390 g/mol. The Balaban J connectivity index is 2.01. The number of ether oxygens (including phenoxy) is 1. The van der Waals surface area contributed by atoms with Gasteiger partial charge >= 0.3 is 0 Å². The SMILES string of the molecule is COc1ccccc1[C@@H](C)NC(=O)CN(CCc1ccccc1)S(C)(=O)=O. The van der Waals surface area contributed by atoms with Crippen molar-refractivity contribution < 1.29 is 17.9 Å². The van der Waals surface area contributed by atoms with E-state index in [0.717, 1.165) is 17.4 Å². The topological polar surface area (TPSA) is 75.7 Å². The summed E-state index contributed by atoms with van der Waals surface area (Å²) in [6.07, 6.45) is 1.66. The maximum atomic E-state index is 12.4. The van der Waals surface area contributed by atoms with Crippen LogP contribution in [-0.4, -0.2) is 45.1 Å². The van der Waals surface area contributed by atoms with Gasteiger partial charge in [-0.3, -0.25) is 4.79 Å². The maximum Gasteiger partial charge on any atom is 0.235 e. The largest absolute Gasteiger partial charge is 0.496 e. The summed E-state index contributed by atoms with van der Waals surface area (Å²) in [7, 11) is -1.92. The molecule has 0 saturated heterocycles. The van der Waals surface area contributed by atoms with Gasteiger partial charge in [0.2, 0.25) is 15.9 Å². The predicted octanol–water partition coefficient (Wildman–Crippen LogP) is 2.38. The molecule has 1 atom stereocenters. The molecule has 0 heterocycles. The maximum absolute atomic E-state index is 12.4. The van der Waals surface area contributed by atoms with Crippen molar-refractivity contribution in [2.75, 3.05) is 26.5 Å². The normalized spacial score (nSPS) is 12.6. The number of para-hydroxylation sites is 1. The van der Waals surface area contributed by atoms with Crippen molar-refractivity contribution in [3.8, 4) is 5.75 Å². The standard InChI is InChI=1S/C20H26N2O4S/c1-16(18-11-7-8-12-19(18)26-2)21-20(23)15-22(27(3,24)25)14-13-17-9-5-4-6-10-17/h4-12,16H,13-15H2,1-3H3,(H,21,23)/t16-/m1/s1. The van der Waals surface area contributed by atoms with Gasteiger partial charge in [0.15, 0.2) is 0 Å². The van der Waals surface area contributed by atoms with Crippen LogP contribution in [0.2, 0.25) is 0 Å². The molecule has 0 aliphatic rings. The van der Waals surface area contributed by atoms with Crippen LogP contribution in [0.5, 0.6) is 5.75 Å². The molecule has 2 rings (SSSR count). The number of benzene rings is 2. The van der Waals surface area contributed by atoms with Crippen LogP contribution in [0.15, 0.2) is 54.6 Å². The van der Waals surface area contributed by atoms with Gasteiger partial charge in [-0.25, -0.2) is 8.42 Å². The lowest BCUT2D eigenvalue weighted by molar-refractivity contribution is -0.121. The Hall–Kier alpha value is -2.38. The molecule has 2 aromatic carbocycles. The average molecular weight is 391 g/mol. The molecule has 2 aromatic rings. The Labute approximate surface area is 161 Å². The minimum Gasteiger partial charge on any atom is -0.496 e. The summed E-state index contributed by atoms with van der Waals surface area (Å²) < 4.78 is 30.7. The van der Waals surface area contributed by atoms with E-state index in [9.17, 15) is 13.2 Å². The molecule has 1 N–H and O–H groups in total. The van der Waals surface area contributed by atoms with Gasteiger partial charge in [-0.1, -0.05) is 48.5 Å². The van der Waals surface area contributed by atoms with Gasteiger partial charge in [0.1, 0.15) is 5.75 Å². The fourth-order valence-corrected chi connectivity index (χ4v) is 3.58. The highest BCUT2D eigenvalue weighted by atomic mass is 32.2. The van der Waals surface area contributed by atoms with Crippen LogP contribution in [0.4, 0.5) is 0 Å². The average Bonchev–Trinajstić information content (AvgIpc) is 2.64. The molecule has 0 bridgehead atoms. The molecule has 146 valence electrons. The number of hydrogen-bond acceptors (Lipinski definition) is 4. The highest BCUT2D eigenvalue weighted by Crippen LogP contribution is 2.24. The molecular formula is C20H26N2O4S. The van der Waals surface area contributed by atoms with Crippen LogP contribution in [0.3, 0.4) is 0 Å². The molecule has 0 aromatic heterocycles. The quantitative estimate of drug-likeness (QED) is 0.713. The summed E-state index contributed by atoms with van der Waals surface area (Å²) in [5.74, 6) is 0.321. The van der Waals surface area contributed by atoms with Crippen molar-refractivity contribution >= 4 is 15.9 Å². The van der Waals surface area contributed by atoms with Crippen molar-refractivity contribution in [2.24, 2.45) is 0 Å². The molecule has 6 nitrogen and oxygen atoms in total. The fourth-order valence-electron chi connectivity index (χ4n) is 2.81. The summed E-state index contributed by atoms with van der Waals surface area (Å²) in [5, 5.41) is 2.85. The first-order valence-corrected chi connectivity index (χ1v) is 10.6. The van der Waals surface area contributed by atoms with Gasteiger partial charge in [-0.15, -0.1) is 0 Å². The van der Waals surface area contributed by atoms with E-state index in [-0.39, 0.29) is 25.0 Å². The van der Waals surface area contributed by atoms with E-state index in [4.69, 9.17) is 4.74 Å². The van der Waals surface area contributed by atoms with Crippen molar-refractivity contribution in [3.63, 3.8) is 0 Å². The van der Waals surface area contributed by atoms with Crippen LogP contribution in [0.25, 0.3) is 0 Å². The Morgan fingerprint density at radius 3 is 2.37 bits per heavy atom. The summed E-state index contributed by atoms with van der Waals surface area (Å²) >= 11 is 0. The Kier molecular flexibility index (Phi) is 7.38. The van der Waals surface area contributed by atoms with Crippen LogP contribution < -0.4 is 10.1 Å². The highest BCUT2D eigenvalue weighted by Gasteiger charge is 2.21. The lowest BCUT2D eigenvalue weighted by atomic mass is 10.1. The fraction of sp³-hybridized carbons (Fsp3) is 0.350. The van der Waals surface area contributed by atoms with Gasteiger partial charge in [0.05, 0.1) is 26.0 Å². The van der Waals surface area contributed by atoms with E-state index in [2.05, 4.69) is 5.32 Å². The summed E-state index contributed by atoms with van der Waals surface area (Å²) in [6, 6.07) is 16.7. The molecule has 0 aliphatic carbocycles. The Bertz CT molecular complexity index is 853. The summed E-state index contributed by atoms with van der Waals surface area (Å²) in [6.45, 7) is 1.87. The molecule has 0 unspecified atom stereocenters. The highest BCUT2D eigenvalue weighted by molar-refractivity contribution is 7.88. The van der Waals surface area contributed by atoms with Crippen molar-refractivity contribution in [2.45, 2.75) is 19.4 Å². The molecule has 1 amide bonds. The van der Waals surface area contributed by atoms with Crippen molar-refractivity contribution in [1.82, 2.24) is 9.62 Å². The number of carbonyl (C=O) groups is 1. The molecule has 0 aliphatic heterocycles. The number of amides is 1. The predicted molar refractivity (Wildman–Crippen MR) is 106 cm³/mol. The van der Waals surface area contributed by atoms with E-state index in [1.54, 1.807) is 7.11 Å². The molecule has 0 radical (unpaired) electrons. The lowest BCUT2D eigenvalue weighted by Gasteiger charge is -2.22. The van der Waals surface area contributed by atoms with E-state index < -0.39 is 10.0 Å². The third-order valence-corrected chi connectivity index (χ3v) is 5.51. The van der Waals surface area contributed by atoms with Gasteiger partial charge < -0.3 is 10.1 Å². The van der Waals surface area contributed by atoms with Crippen LogP contribution in [0.1, 0.15) is 24.1 Å². The van der Waals surface area contributed by atoms with E-state index in [1.807, 2.05) is 61.5 Å². The number of carbonyl (C=O) groups excluding carboxylic acids is 1. The number of nitrogens with zero attached hydrogens (tertiary/aromatic N) is 1. The lowest BCUT2D eigenvalue weighted by Crippen LogP contribution is -2.41. The number of sulfonamides is 1. The van der Waals surface area contributed by atoms with Gasteiger partial charge in [-0.2, -0.15) is 4.31 Å². The first-order chi connectivity index (χ1) is 12.8. The molecule has 0 saturated carbocycles. The summed E-state index contributed by atoms with van der Waals surface area (Å²) in [5.41, 5.74) is 1.86. The molecule has 27 heavy (non-hydrogen) atoms. The van der Waals surface area contributed by atoms with E-state index >= 15 is 0 Å². The number of methoxy groups -OCH3 is 1. The van der Waals surface area contributed by atoms with Crippen LogP contribution in [-0.2, 0) is 21.2 Å². The minimum atomic E-state index is -3.50. The van der Waals surface area contributed by atoms with Crippen molar-refractivity contribution in [3.05, 3.63) is 65.7 Å². The Morgan fingerprint density at radius 2 is 1.74 bits per heavy atom. The van der Waals surface area contributed by atoms with E-state index in [1.165, 1.54) is 4.31 Å². The second-order valence-electron chi connectivity index (χ2n) is 6.36. The third kappa shape index (κ3) is 6.37. The number of rotatable bonds is 9. The first kappa shape index (κ1) is 20.9. The smallest absolute Gasteiger partial charge is 0.235 e. The summed E-state index contributed by atoms with van der Waals surface area (Å²) in [4.78, 5) is 12.4. The zero-order valence-corrected chi connectivity index (χ0v) is 16.7. The molecular weight excluding hydrogens is 364 g/mol. The van der Waals surface area contributed by atoms with Gasteiger partial charge in [-0.05, 0) is 25.0 Å². The second kappa shape index (κ2) is 9.53. The third-order valence-electron chi connectivity index (χ3n) is 4.26. The molecule has 7 heteroatoms. The molecule has 0 fully saturated rings. The van der Waals surface area contributed by atoms with Crippen LogP contribution in [0, 0.1) is 0 Å². The van der Waals surface area contributed by atoms with Crippen LogP contribution >= 0.6 is 0 Å². The second-order valence-corrected chi connectivity index (χ2v) is 8.35. The van der Waals surface area contributed by atoms with E-state index in [0.29, 0.717) is 12.2 Å². The Morgan fingerprint density at radius 1 is 1.11 bits per heavy atom. The van der Waals surface area contributed by atoms with Crippen molar-refractivity contribution in [1.29, 1.82) is 0 Å². The number of hydrogen-bond donors (Lipinski definition) is 1. The number of nitrogens with one attached hydrogen (secondary N) is 1. The molecule has 0 spiro atoms. The minimum absolute atomic E-state index is 0.217.